The van der Waals surface area contributed by atoms with E-state index in [1.165, 1.54) is 17.1 Å². The lowest BCUT2D eigenvalue weighted by Crippen LogP contribution is -2.33. The van der Waals surface area contributed by atoms with E-state index >= 15 is 0 Å². The van der Waals surface area contributed by atoms with Gasteiger partial charge in [-0.3, -0.25) is 28.9 Å². The number of unbranched alkanes of at least 4 members (excludes halogenated alkanes) is 2. The summed E-state index contributed by atoms with van der Waals surface area (Å²) in [6, 6.07) is 0. The second-order valence-corrected chi connectivity index (χ2v) is 7.94. The number of ether oxygens (including phenoxy) is 3. The van der Waals surface area contributed by atoms with Crippen LogP contribution in [-0.4, -0.2) is 91.5 Å². The third-order valence-corrected chi connectivity index (χ3v) is 5.14. The Balaban J connectivity index is 1.31. The monoisotopic (exact) mass is 496 g/mol. The third-order valence-electron chi connectivity index (χ3n) is 5.14. The van der Waals surface area contributed by atoms with Crippen molar-refractivity contribution in [3.05, 3.63) is 12.2 Å². The van der Waals surface area contributed by atoms with E-state index in [4.69, 9.17) is 14.2 Å². The molecule has 0 spiro atoms. The lowest BCUT2D eigenvalue weighted by molar-refractivity contribution is -0.200. The number of nitrogens with zero attached hydrogens (tertiary/aromatic N) is 2. The van der Waals surface area contributed by atoms with Crippen molar-refractivity contribution in [3.63, 3.8) is 0 Å². The summed E-state index contributed by atoms with van der Waals surface area (Å²) in [5.41, 5.74) is 0. The summed E-state index contributed by atoms with van der Waals surface area (Å²) in [6.45, 7) is 1.48. The number of amides is 4. The first-order valence-corrected chi connectivity index (χ1v) is 11.7. The van der Waals surface area contributed by atoms with Gasteiger partial charge in [-0.2, -0.15) is 0 Å². The minimum absolute atomic E-state index is 0.0340. The molecule has 12 nitrogen and oxygen atoms in total. The van der Waals surface area contributed by atoms with Crippen LogP contribution < -0.4 is 0 Å². The average molecular weight is 497 g/mol. The van der Waals surface area contributed by atoms with Crippen molar-refractivity contribution in [3.8, 4) is 0 Å². The lowest BCUT2D eigenvalue weighted by atomic mass is 10.1. The van der Waals surface area contributed by atoms with Crippen molar-refractivity contribution in [2.24, 2.45) is 0 Å². The van der Waals surface area contributed by atoms with Gasteiger partial charge in [-0.1, -0.05) is 6.42 Å². The maximum atomic E-state index is 11.9. The van der Waals surface area contributed by atoms with E-state index in [9.17, 15) is 28.8 Å². The molecule has 1 saturated heterocycles. The molecule has 0 N–H and O–H groups in total. The molecule has 0 bridgehead atoms. The highest BCUT2D eigenvalue weighted by molar-refractivity contribution is 6.12. The third kappa shape index (κ3) is 10.9. The van der Waals surface area contributed by atoms with Gasteiger partial charge in [-0.05, 0) is 19.3 Å². The van der Waals surface area contributed by atoms with Crippen molar-refractivity contribution in [2.75, 3.05) is 46.2 Å². The van der Waals surface area contributed by atoms with Gasteiger partial charge in [0.05, 0.1) is 26.4 Å². The van der Waals surface area contributed by atoms with Gasteiger partial charge in [0.1, 0.15) is 12.4 Å². The van der Waals surface area contributed by atoms with Crippen LogP contribution in [0.1, 0.15) is 51.4 Å². The average Bonchev–Trinajstić information content (AvgIpc) is 3.32. The molecule has 0 unspecified atom stereocenters. The molecule has 194 valence electrons. The second-order valence-electron chi connectivity index (χ2n) is 7.94. The Morgan fingerprint density at radius 2 is 1.29 bits per heavy atom. The normalized spacial score (nSPS) is 15.5. The summed E-state index contributed by atoms with van der Waals surface area (Å²) >= 11 is 0. The second kappa shape index (κ2) is 15.8. The van der Waals surface area contributed by atoms with Crippen LogP contribution in [0.25, 0.3) is 0 Å². The highest BCUT2D eigenvalue weighted by Crippen LogP contribution is 2.12. The fourth-order valence-electron chi connectivity index (χ4n) is 3.30. The zero-order valence-corrected chi connectivity index (χ0v) is 19.7. The van der Waals surface area contributed by atoms with Crippen LogP contribution in [-0.2, 0) is 47.8 Å². The molecule has 0 aliphatic carbocycles. The smallest absolute Gasteiger partial charge is 0.358 e. The predicted octanol–water partition coefficient (Wildman–Crippen LogP) is 0.478. The Morgan fingerprint density at radius 1 is 0.714 bits per heavy atom. The van der Waals surface area contributed by atoms with E-state index in [1.54, 1.807) is 0 Å². The van der Waals surface area contributed by atoms with Gasteiger partial charge >= 0.3 is 5.97 Å². The minimum atomic E-state index is -0.834. The molecule has 0 aromatic heterocycles. The standard InChI is InChI=1S/C23H32N2O10/c26-18(5-2-1-3-11-24-19(27)7-8-20(24)28)6-4-12-32-13-14-33-15-16-34-17-23(31)35-25-21(29)9-10-22(25)30/h7-8H,1-6,9-17H2. The summed E-state index contributed by atoms with van der Waals surface area (Å²) in [6.07, 6.45) is 6.32. The molecule has 0 saturated carbocycles. The highest BCUT2D eigenvalue weighted by atomic mass is 16.7. The first kappa shape index (κ1) is 28.3. The molecule has 1 fully saturated rings. The minimum Gasteiger partial charge on any atom is -0.379 e. The van der Waals surface area contributed by atoms with Crippen molar-refractivity contribution >= 4 is 35.4 Å². The van der Waals surface area contributed by atoms with E-state index in [1.807, 2.05) is 0 Å². The van der Waals surface area contributed by atoms with Crippen LogP contribution in [0.4, 0.5) is 0 Å². The molecule has 4 amide bonds. The van der Waals surface area contributed by atoms with E-state index in [0.717, 1.165) is 12.8 Å². The van der Waals surface area contributed by atoms with Gasteiger partial charge in [0.2, 0.25) is 0 Å². The lowest BCUT2D eigenvalue weighted by Gasteiger charge is -2.12. The highest BCUT2D eigenvalue weighted by Gasteiger charge is 2.32. The van der Waals surface area contributed by atoms with Crippen LogP contribution >= 0.6 is 0 Å². The first-order chi connectivity index (χ1) is 16.9. The Bertz CT molecular complexity index is 776. The van der Waals surface area contributed by atoms with Crippen LogP contribution in [0.3, 0.4) is 0 Å². The molecule has 12 heteroatoms. The van der Waals surface area contributed by atoms with E-state index in [2.05, 4.69) is 4.84 Å². The molecular formula is C23H32N2O10. The number of hydrogen-bond donors (Lipinski definition) is 0. The van der Waals surface area contributed by atoms with E-state index in [-0.39, 0.29) is 43.7 Å². The van der Waals surface area contributed by atoms with Crippen molar-refractivity contribution in [1.29, 1.82) is 0 Å². The Hall–Kier alpha value is -2.96. The maximum Gasteiger partial charge on any atom is 0.358 e. The van der Waals surface area contributed by atoms with Gasteiger partial charge in [0.15, 0.2) is 0 Å². The summed E-state index contributed by atoms with van der Waals surface area (Å²) in [7, 11) is 0. The predicted molar refractivity (Wildman–Crippen MR) is 118 cm³/mol. The number of carbonyl (C=O) groups is 6. The molecule has 0 aromatic carbocycles. The van der Waals surface area contributed by atoms with Crippen molar-refractivity contribution in [2.45, 2.75) is 51.4 Å². The van der Waals surface area contributed by atoms with Gasteiger partial charge in [-0.15, -0.1) is 5.06 Å². The Morgan fingerprint density at radius 3 is 1.94 bits per heavy atom. The molecule has 2 aliphatic heterocycles. The van der Waals surface area contributed by atoms with Crippen LogP contribution in [0.2, 0.25) is 0 Å². The number of imide groups is 2. The van der Waals surface area contributed by atoms with Gasteiger partial charge in [0, 0.05) is 51.0 Å². The molecule has 0 aromatic rings. The number of ketones is 1. The molecular weight excluding hydrogens is 464 g/mol. The van der Waals surface area contributed by atoms with E-state index in [0.29, 0.717) is 57.1 Å². The molecule has 0 radical (unpaired) electrons. The largest absolute Gasteiger partial charge is 0.379 e. The zero-order chi connectivity index (χ0) is 25.5. The van der Waals surface area contributed by atoms with Gasteiger partial charge in [-0.25, -0.2) is 4.79 Å². The molecule has 2 aliphatic rings. The SMILES string of the molecule is O=C(CCCCCN1C(=O)C=CC1=O)CCCOCCOCCOCC(=O)ON1C(=O)CCC1=O. The number of rotatable bonds is 19. The Labute approximate surface area is 203 Å². The fraction of sp³-hybridized carbons (Fsp3) is 0.652. The number of hydroxylamine groups is 2. The molecule has 2 heterocycles. The van der Waals surface area contributed by atoms with Crippen LogP contribution in [0.5, 0.6) is 0 Å². The van der Waals surface area contributed by atoms with Crippen LogP contribution in [0, 0.1) is 0 Å². The maximum absolute atomic E-state index is 11.9. The van der Waals surface area contributed by atoms with Gasteiger partial charge < -0.3 is 19.0 Å². The summed E-state index contributed by atoms with van der Waals surface area (Å²) < 4.78 is 15.8. The molecule has 35 heavy (non-hydrogen) atoms. The molecule has 2 rings (SSSR count). The topological polar surface area (TPSA) is 146 Å². The van der Waals surface area contributed by atoms with E-state index < -0.39 is 24.4 Å². The van der Waals surface area contributed by atoms with Crippen molar-refractivity contribution in [1.82, 2.24) is 9.96 Å². The Kier molecular flexibility index (Phi) is 12.8. The fourth-order valence-corrected chi connectivity index (χ4v) is 3.30. The number of Topliss-reactive ketones (excluding diaryl/α,β-unsaturated/α-hetero) is 1. The van der Waals surface area contributed by atoms with Crippen molar-refractivity contribution < 1.29 is 47.8 Å². The van der Waals surface area contributed by atoms with Gasteiger partial charge in [0.25, 0.3) is 23.6 Å². The first-order valence-electron chi connectivity index (χ1n) is 11.7. The quantitative estimate of drug-likeness (QED) is 0.183. The zero-order valence-electron chi connectivity index (χ0n) is 19.7. The van der Waals surface area contributed by atoms with Crippen LogP contribution in [0.15, 0.2) is 12.2 Å². The summed E-state index contributed by atoms with van der Waals surface area (Å²) in [5.74, 6) is -2.32. The summed E-state index contributed by atoms with van der Waals surface area (Å²) in [5, 5.41) is 0.468. The number of carbonyl (C=O) groups excluding carboxylic acids is 6. The summed E-state index contributed by atoms with van der Waals surface area (Å²) in [4.78, 5) is 74.8. The number of hydrogen-bond acceptors (Lipinski definition) is 10. The molecule has 0 atom stereocenters.